The molecule has 0 spiro atoms. The Morgan fingerprint density at radius 2 is 2.06 bits per heavy atom. The molecule has 3 heteroatoms. The van der Waals surface area contributed by atoms with Crippen LogP contribution in [-0.4, -0.2) is 12.3 Å². The van der Waals surface area contributed by atoms with Gasteiger partial charge in [0.1, 0.15) is 18.1 Å². The fourth-order valence-electron chi connectivity index (χ4n) is 2.25. The Balaban J connectivity index is 1.93. The first-order valence-electron chi connectivity index (χ1n) is 5.51. The summed E-state index contributed by atoms with van der Waals surface area (Å²) in [6, 6.07) is 10.0. The van der Waals surface area contributed by atoms with Crippen molar-refractivity contribution in [2.24, 2.45) is 0 Å². The van der Waals surface area contributed by atoms with Gasteiger partial charge in [-0.2, -0.15) is 0 Å². The second-order valence-corrected chi connectivity index (χ2v) is 4.36. The lowest BCUT2D eigenvalue weighted by atomic mass is 9.93. The van der Waals surface area contributed by atoms with Crippen molar-refractivity contribution in [3.05, 3.63) is 47.7 Å². The Bertz CT molecular complexity index is 435. The van der Waals surface area contributed by atoms with Crippen molar-refractivity contribution in [1.29, 1.82) is 0 Å². The van der Waals surface area contributed by atoms with Gasteiger partial charge in [0.15, 0.2) is 0 Å². The zero-order valence-electron chi connectivity index (χ0n) is 8.85. The molecule has 3 rings (SSSR count). The summed E-state index contributed by atoms with van der Waals surface area (Å²) in [6.07, 6.45) is 4.92. The van der Waals surface area contributed by atoms with Crippen LogP contribution in [0, 0.1) is 0 Å². The van der Waals surface area contributed by atoms with E-state index in [0.717, 1.165) is 24.9 Å². The SMILES string of the molecule is O=CC1C=C(C2(c3ccccc3)CC2)ON1. The normalized spacial score (nSPS) is 25.8. The van der Waals surface area contributed by atoms with Crippen LogP contribution < -0.4 is 5.48 Å². The van der Waals surface area contributed by atoms with Crippen molar-refractivity contribution >= 4 is 6.29 Å². The fourth-order valence-corrected chi connectivity index (χ4v) is 2.25. The van der Waals surface area contributed by atoms with Gasteiger partial charge in [0.25, 0.3) is 0 Å². The average Bonchev–Trinajstić information content (AvgIpc) is 3.02. The average molecular weight is 215 g/mol. The van der Waals surface area contributed by atoms with Crippen LogP contribution in [0.15, 0.2) is 42.2 Å². The molecule has 1 fully saturated rings. The van der Waals surface area contributed by atoms with Gasteiger partial charge in [-0.3, -0.25) is 0 Å². The molecule has 2 aliphatic rings. The van der Waals surface area contributed by atoms with Gasteiger partial charge in [0.2, 0.25) is 0 Å². The smallest absolute Gasteiger partial charge is 0.144 e. The Morgan fingerprint density at radius 3 is 2.62 bits per heavy atom. The van der Waals surface area contributed by atoms with E-state index in [0.29, 0.717) is 0 Å². The maximum absolute atomic E-state index is 10.6. The molecular formula is C13H13NO2. The van der Waals surface area contributed by atoms with Gasteiger partial charge in [-0.15, -0.1) is 5.48 Å². The number of aldehydes is 1. The Kier molecular flexibility index (Phi) is 2.07. The van der Waals surface area contributed by atoms with Gasteiger partial charge in [-0.25, -0.2) is 0 Å². The van der Waals surface area contributed by atoms with Crippen LogP contribution >= 0.6 is 0 Å². The molecule has 0 amide bonds. The summed E-state index contributed by atoms with van der Waals surface area (Å²) in [6.45, 7) is 0. The van der Waals surface area contributed by atoms with Gasteiger partial charge in [-0.1, -0.05) is 30.3 Å². The first kappa shape index (κ1) is 9.60. The molecule has 3 nitrogen and oxygen atoms in total. The highest BCUT2D eigenvalue weighted by Crippen LogP contribution is 2.54. The lowest BCUT2D eigenvalue weighted by Crippen LogP contribution is -2.22. The summed E-state index contributed by atoms with van der Waals surface area (Å²) < 4.78 is 0. The van der Waals surface area contributed by atoms with Gasteiger partial charge in [0.05, 0.1) is 5.41 Å². The van der Waals surface area contributed by atoms with E-state index in [1.807, 2.05) is 24.3 Å². The zero-order valence-corrected chi connectivity index (χ0v) is 8.85. The van der Waals surface area contributed by atoms with Crippen molar-refractivity contribution in [3.8, 4) is 0 Å². The van der Waals surface area contributed by atoms with Crippen molar-refractivity contribution < 1.29 is 9.63 Å². The monoisotopic (exact) mass is 215 g/mol. The molecule has 16 heavy (non-hydrogen) atoms. The second kappa shape index (κ2) is 3.46. The molecule has 1 aromatic carbocycles. The summed E-state index contributed by atoms with van der Waals surface area (Å²) in [5, 5.41) is 0. The van der Waals surface area contributed by atoms with Crippen molar-refractivity contribution in [3.63, 3.8) is 0 Å². The second-order valence-electron chi connectivity index (χ2n) is 4.36. The Morgan fingerprint density at radius 1 is 1.31 bits per heavy atom. The van der Waals surface area contributed by atoms with E-state index in [4.69, 9.17) is 4.84 Å². The molecule has 0 radical (unpaired) electrons. The van der Waals surface area contributed by atoms with Crippen LogP contribution in [0.25, 0.3) is 0 Å². The summed E-state index contributed by atoms with van der Waals surface area (Å²) in [5.74, 6) is 0.899. The quantitative estimate of drug-likeness (QED) is 0.780. The van der Waals surface area contributed by atoms with Crippen LogP contribution in [0.4, 0.5) is 0 Å². The highest BCUT2D eigenvalue weighted by Gasteiger charge is 2.51. The first-order valence-corrected chi connectivity index (χ1v) is 5.51. The van der Waals surface area contributed by atoms with Gasteiger partial charge < -0.3 is 9.63 Å². The predicted octanol–water partition coefficient (Wildman–Crippen LogP) is 1.70. The van der Waals surface area contributed by atoms with Crippen LogP contribution in [-0.2, 0) is 15.0 Å². The maximum atomic E-state index is 10.6. The number of hydroxylamine groups is 1. The molecule has 1 aliphatic heterocycles. The van der Waals surface area contributed by atoms with Crippen LogP contribution in [0.5, 0.6) is 0 Å². The molecule has 82 valence electrons. The molecule has 0 saturated heterocycles. The van der Waals surface area contributed by atoms with E-state index in [9.17, 15) is 4.79 Å². The minimum Gasteiger partial charge on any atom is -0.412 e. The minimum atomic E-state index is -0.295. The number of hydrogen-bond acceptors (Lipinski definition) is 3. The predicted molar refractivity (Wildman–Crippen MR) is 59.5 cm³/mol. The van der Waals surface area contributed by atoms with E-state index < -0.39 is 0 Å². The number of rotatable bonds is 3. The van der Waals surface area contributed by atoms with Gasteiger partial charge in [0, 0.05) is 0 Å². The van der Waals surface area contributed by atoms with Gasteiger partial charge in [-0.05, 0) is 24.5 Å². The van der Waals surface area contributed by atoms with E-state index in [1.165, 1.54) is 5.56 Å². The van der Waals surface area contributed by atoms with Crippen molar-refractivity contribution in [2.45, 2.75) is 24.3 Å². The zero-order chi connectivity index (χ0) is 11.0. The largest absolute Gasteiger partial charge is 0.412 e. The van der Waals surface area contributed by atoms with Crippen LogP contribution in [0.1, 0.15) is 18.4 Å². The number of hydrogen-bond donors (Lipinski definition) is 1. The molecular weight excluding hydrogens is 202 g/mol. The maximum Gasteiger partial charge on any atom is 0.144 e. The molecule has 0 bridgehead atoms. The van der Waals surface area contributed by atoms with Crippen molar-refractivity contribution in [1.82, 2.24) is 5.48 Å². The van der Waals surface area contributed by atoms with Crippen LogP contribution in [0.2, 0.25) is 0 Å². The summed E-state index contributed by atoms with van der Waals surface area (Å²) in [4.78, 5) is 16.1. The Labute approximate surface area is 94.1 Å². The molecule has 1 unspecified atom stereocenters. The topological polar surface area (TPSA) is 38.3 Å². The molecule has 0 aromatic heterocycles. The number of benzene rings is 1. The Hall–Kier alpha value is -1.61. The number of carbonyl (C=O) groups is 1. The summed E-state index contributed by atoms with van der Waals surface area (Å²) in [5.41, 5.74) is 4.00. The summed E-state index contributed by atoms with van der Waals surface area (Å²) in [7, 11) is 0. The third kappa shape index (κ3) is 1.36. The standard InChI is InChI=1S/C13H13NO2/c15-9-11-8-12(16-14-11)13(6-7-13)10-4-2-1-3-5-10/h1-5,8-9,11,14H,6-7H2. The molecule has 1 heterocycles. The molecule has 1 saturated carbocycles. The van der Waals surface area contributed by atoms with Crippen molar-refractivity contribution in [2.75, 3.05) is 0 Å². The highest BCUT2D eigenvalue weighted by molar-refractivity contribution is 5.62. The molecule has 1 aromatic rings. The van der Waals surface area contributed by atoms with Crippen LogP contribution in [0.3, 0.4) is 0 Å². The highest BCUT2D eigenvalue weighted by atomic mass is 16.7. The lowest BCUT2D eigenvalue weighted by Gasteiger charge is -2.15. The van der Waals surface area contributed by atoms with E-state index in [1.54, 1.807) is 0 Å². The first-order chi connectivity index (χ1) is 7.85. The van der Waals surface area contributed by atoms with E-state index >= 15 is 0 Å². The molecule has 1 N–H and O–H groups in total. The number of allylic oxidation sites excluding steroid dienone is 1. The minimum absolute atomic E-state index is 0.0199. The van der Waals surface area contributed by atoms with E-state index in [2.05, 4.69) is 17.6 Å². The summed E-state index contributed by atoms with van der Waals surface area (Å²) >= 11 is 0. The van der Waals surface area contributed by atoms with E-state index in [-0.39, 0.29) is 11.5 Å². The number of nitrogens with one attached hydrogen (secondary N) is 1. The third-order valence-corrected chi connectivity index (χ3v) is 3.33. The van der Waals surface area contributed by atoms with Gasteiger partial charge >= 0.3 is 0 Å². The third-order valence-electron chi connectivity index (χ3n) is 3.33. The molecule has 1 aliphatic carbocycles. The lowest BCUT2D eigenvalue weighted by molar-refractivity contribution is -0.110. The molecule has 1 atom stereocenters. The fraction of sp³-hybridized carbons (Fsp3) is 0.308. The number of carbonyl (C=O) groups excluding carboxylic acids is 1.